The van der Waals surface area contributed by atoms with Crippen molar-refractivity contribution in [2.24, 2.45) is 5.92 Å². The molecule has 76 valence electrons. The molecule has 0 amide bonds. The zero-order chi connectivity index (χ0) is 10.0. The molecule has 1 saturated heterocycles. The van der Waals surface area contributed by atoms with E-state index >= 15 is 0 Å². The molecule has 1 aliphatic rings. The first kappa shape index (κ1) is 11.6. The van der Waals surface area contributed by atoms with Crippen molar-refractivity contribution in [2.45, 2.75) is 52.1 Å². The van der Waals surface area contributed by atoms with Crippen LogP contribution < -0.4 is 0 Å². The first-order valence-electron chi connectivity index (χ1n) is 4.82. The normalized spacial score (nSPS) is 39.8. The van der Waals surface area contributed by atoms with Gasteiger partial charge >= 0.3 is 91.3 Å². The molecule has 0 radical (unpaired) electrons. The van der Waals surface area contributed by atoms with E-state index in [1.165, 1.54) is 19.4 Å². The topological polar surface area (TPSA) is 18.5 Å². The van der Waals surface area contributed by atoms with Gasteiger partial charge in [0, 0.05) is 0 Å². The average molecular weight is 354 g/mol. The molecule has 0 bridgehead atoms. The first-order chi connectivity index (χ1) is 6.06. The van der Waals surface area contributed by atoms with Gasteiger partial charge in [-0.05, 0) is 0 Å². The molecule has 1 fully saturated rings. The molecule has 0 aromatic heterocycles. The fourth-order valence-electron chi connectivity index (χ4n) is 1.64. The molecule has 1 rings (SSSR count). The molecule has 0 spiro atoms. The van der Waals surface area contributed by atoms with E-state index in [1.807, 2.05) is 0 Å². The Morgan fingerprint density at radius 3 is 2.46 bits per heavy atom. The van der Waals surface area contributed by atoms with Crippen molar-refractivity contribution >= 4 is 4.40 Å². The molecule has 2 nitrogen and oxygen atoms in total. The third kappa shape index (κ3) is 2.71. The van der Waals surface area contributed by atoms with Gasteiger partial charge in [0.05, 0.1) is 0 Å². The van der Waals surface area contributed by atoms with E-state index < -0.39 is 0 Å². The minimum absolute atomic E-state index is 0.211. The Balaban J connectivity index is 2.62. The summed E-state index contributed by atoms with van der Waals surface area (Å²) in [6.45, 7) is 8.49. The van der Waals surface area contributed by atoms with Gasteiger partial charge < -0.3 is 0 Å². The van der Waals surface area contributed by atoms with Crippen LogP contribution in [0.2, 0.25) is 0 Å². The van der Waals surface area contributed by atoms with Crippen LogP contribution >= 0.6 is 0 Å². The minimum atomic E-state index is 0.211. The first-order valence-corrected chi connectivity index (χ1v) is 6.51. The molecule has 0 aliphatic carbocycles. The molecule has 13 heavy (non-hydrogen) atoms. The van der Waals surface area contributed by atoms with Crippen LogP contribution in [0.4, 0.5) is 0 Å². The molecule has 1 heterocycles. The van der Waals surface area contributed by atoms with Gasteiger partial charge in [-0.25, -0.2) is 0 Å². The Morgan fingerprint density at radius 1 is 1.38 bits per heavy atom. The standard InChI is InChI=1S/C10H18O2.W/c1-6(2)11-10-7(3)8(4)12-9(10)5;/h5-10H,1-4H3;/t7-,8+,9-,10?;/m1./s1. The Hall–Kier alpha value is 0.478. The van der Waals surface area contributed by atoms with Crippen LogP contribution in [-0.4, -0.2) is 28.8 Å². The summed E-state index contributed by atoms with van der Waals surface area (Å²) in [5.74, 6) is 0.503. The summed E-state index contributed by atoms with van der Waals surface area (Å²) >= 11 is 1.46. The van der Waals surface area contributed by atoms with E-state index in [2.05, 4.69) is 32.1 Å². The number of hydrogen-bond acceptors (Lipinski definition) is 2. The SMILES string of the molecule is CC(C)OC1[C@@H]([CH]=[W])O[C@@H](C)[C@H]1C. The monoisotopic (exact) mass is 354 g/mol. The van der Waals surface area contributed by atoms with Gasteiger partial charge in [0.15, 0.2) is 0 Å². The van der Waals surface area contributed by atoms with E-state index in [1.54, 1.807) is 0 Å². The van der Waals surface area contributed by atoms with Crippen LogP contribution in [0.25, 0.3) is 0 Å². The predicted octanol–water partition coefficient (Wildman–Crippen LogP) is 1.55. The molecule has 4 atom stereocenters. The molecule has 0 aromatic carbocycles. The van der Waals surface area contributed by atoms with Crippen molar-refractivity contribution in [3.63, 3.8) is 0 Å². The molecule has 0 saturated carbocycles. The van der Waals surface area contributed by atoms with Gasteiger partial charge in [-0.1, -0.05) is 0 Å². The second-order valence-corrected chi connectivity index (χ2v) is 4.93. The van der Waals surface area contributed by atoms with Gasteiger partial charge in [-0.3, -0.25) is 0 Å². The second-order valence-electron chi connectivity index (χ2n) is 3.95. The summed E-state index contributed by atoms with van der Waals surface area (Å²) in [7, 11) is 0. The third-order valence-electron chi connectivity index (χ3n) is 2.52. The van der Waals surface area contributed by atoms with Crippen LogP contribution in [0.15, 0.2) is 0 Å². The summed E-state index contributed by atoms with van der Waals surface area (Å²) in [4.78, 5) is 0. The van der Waals surface area contributed by atoms with Crippen molar-refractivity contribution in [1.29, 1.82) is 0 Å². The van der Waals surface area contributed by atoms with Crippen LogP contribution in [-0.2, 0) is 28.8 Å². The van der Waals surface area contributed by atoms with Gasteiger partial charge in [-0.2, -0.15) is 0 Å². The van der Waals surface area contributed by atoms with Crippen LogP contribution in [0, 0.1) is 5.92 Å². The van der Waals surface area contributed by atoms with E-state index in [9.17, 15) is 0 Å². The molecule has 3 heteroatoms. The van der Waals surface area contributed by atoms with Crippen LogP contribution in [0.3, 0.4) is 0 Å². The molecular formula is C10H18O2W. The van der Waals surface area contributed by atoms with Crippen LogP contribution in [0.1, 0.15) is 27.7 Å². The Labute approximate surface area is 91.4 Å². The van der Waals surface area contributed by atoms with Crippen molar-refractivity contribution in [3.05, 3.63) is 0 Å². The Morgan fingerprint density at radius 2 is 2.00 bits per heavy atom. The summed E-state index contributed by atoms with van der Waals surface area (Å²) in [5.41, 5.74) is 0. The van der Waals surface area contributed by atoms with Crippen molar-refractivity contribution in [1.82, 2.24) is 0 Å². The predicted molar refractivity (Wildman–Crippen MR) is 49.6 cm³/mol. The van der Waals surface area contributed by atoms with E-state index in [0.29, 0.717) is 18.1 Å². The van der Waals surface area contributed by atoms with E-state index in [4.69, 9.17) is 9.47 Å². The van der Waals surface area contributed by atoms with Crippen LogP contribution in [0.5, 0.6) is 0 Å². The van der Waals surface area contributed by atoms with E-state index in [-0.39, 0.29) is 12.2 Å². The number of rotatable bonds is 3. The summed E-state index contributed by atoms with van der Waals surface area (Å²) in [5, 5.41) is 0. The fourth-order valence-corrected chi connectivity index (χ4v) is 2.43. The number of hydrogen-bond donors (Lipinski definition) is 0. The van der Waals surface area contributed by atoms with Gasteiger partial charge in [0.25, 0.3) is 0 Å². The third-order valence-corrected chi connectivity index (χ3v) is 3.48. The van der Waals surface area contributed by atoms with Crippen molar-refractivity contribution in [3.8, 4) is 0 Å². The molecule has 1 unspecified atom stereocenters. The quantitative estimate of drug-likeness (QED) is 0.766. The Bertz CT molecular complexity index is 182. The summed E-state index contributed by atoms with van der Waals surface area (Å²) in [6.07, 6.45) is 1.08. The Kier molecular flexibility index (Phi) is 4.28. The fraction of sp³-hybridized carbons (Fsp3) is 0.900. The zero-order valence-corrected chi connectivity index (χ0v) is 11.6. The van der Waals surface area contributed by atoms with E-state index in [0.717, 1.165) is 0 Å². The van der Waals surface area contributed by atoms with Gasteiger partial charge in [-0.15, -0.1) is 0 Å². The van der Waals surface area contributed by atoms with Gasteiger partial charge in [0.1, 0.15) is 0 Å². The molecule has 0 N–H and O–H groups in total. The van der Waals surface area contributed by atoms with Gasteiger partial charge in [0.2, 0.25) is 0 Å². The summed E-state index contributed by atoms with van der Waals surface area (Å²) in [6, 6.07) is 0. The maximum atomic E-state index is 5.85. The summed E-state index contributed by atoms with van der Waals surface area (Å²) < 4.78 is 13.8. The van der Waals surface area contributed by atoms with Crippen molar-refractivity contribution in [2.75, 3.05) is 0 Å². The maximum absolute atomic E-state index is 5.85. The number of ether oxygens (including phenoxy) is 2. The van der Waals surface area contributed by atoms with Crippen molar-refractivity contribution < 1.29 is 28.8 Å². The zero-order valence-electron chi connectivity index (χ0n) is 8.69. The molecule has 0 aromatic rings. The average Bonchev–Trinajstić information content (AvgIpc) is 2.31. The second kappa shape index (κ2) is 4.81. The molecule has 1 aliphatic heterocycles. The molecular weight excluding hydrogens is 336 g/mol.